The highest BCUT2D eigenvalue weighted by molar-refractivity contribution is 7.92. The van der Waals surface area contributed by atoms with Crippen molar-refractivity contribution in [3.63, 3.8) is 0 Å². The molecule has 0 radical (unpaired) electrons. The Kier molecular flexibility index (Phi) is 6.25. The summed E-state index contributed by atoms with van der Waals surface area (Å²) in [6.07, 6.45) is 1.57. The number of hydrazine groups is 1. The number of fused-ring (bicyclic) bond motifs is 1. The predicted molar refractivity (Wildman–Crippen MR) is 125 cm³/mol. The smallest absolute Gasteiger partial charge is 0.271 e. The van der Waals surface area contributed by atoms with Crippen LogP contribution in [0, 0.1) is 0 Å². The van der Waals surface area contributed by atoms with Crippen LogP contribution in [-0.2, 0) is 10.0 Å². The van der Waals surface area contributed by atoms with Gasteiger partial charge in [0, 0.05) is 17.1 Å². The molecular weight excluding hydrogens is 464 g/mol. The standard InChI is InChI=1S/C23H17ClN4O4S/c24-19-11-1-2-12-20(19)28-33(31,32)17-9-3-7-16(14-17)22(29)26-27-23(30)18-10-4-6-15-8-5-13-25-21(15)18/h1-14,28H,(H,26,29)(H,27,30). The average Bonchev–Trinajstić information content (AvgIpc) is 2.83. The number of carbonyl (C=O) groups is 2. The largest absolute Gasteiger partial charge is 0.278 e. The van der Waals surface area contributed by atoms with Gasteiger partial charge >= 0.3 is 0 Å². The quantitative estimate of drug-likeness (QED) is 0.376. The lowest BCUT2D eigenvalue weighted by Gasteiger charge is -2.11. The Hall–Kier alpha value is -3.95. The fourth-order valence-electron chi connectivity index (χ4n) is 3.09. The molecule has 0 saturated carbocycles. The van der Waals surface area contributed by atoms with E-state index in [0.717, 1.165) is 5.39 Å². The third-order valence-electron chi connectivity index (χ3n) is 4.69. The van der Waals surface area contributed by atoms with Gasteiger partial charge in [0.2, 0.25) is 0 Å². The fraction of sp³-hybridized carbons (Fsp3) is 0. The van der Waals surface area contributed by atoms with Crippen LogP contribution in [0.5, 0.6) is 0 Å². The Labute approximate surface area is 194 Å². The molecule has 1 aromatic heterocycles. The fourth-order valence-corrected chi connectivity index (χ4v) is 4.46. The number of rotatable bonds is 5. The summed E-state index contributed by atoms with van der Waals surface area (Å²) in [6.45, 7) is 0. The summed E-state index contributed by atoms with van der Waals surface area (Å²) in [5.41, 5.74) is 5.66. The Morgan fingerprint density at radius 3 is 2.36 bits per heavy atom. The topological polar surface area (TPSA) is 117 Å². The van der Waals surface area contributed by atoms with Crippen molar-refractivity contribution in [2.75, 3.05) is 4.72 Å². The summed E-state index contributed by atoms with van der Waals surface area (Å²) in [6, 6.07) is 20.5. The van der Waals surface area contributed by atoms with E-state index < -0.39 is 21.8 Å². The molecule has 33 heavy (non-hydrogen) atoms. The maximum atomic E-state index is 12.7. The summed E-state index contributed by atoms with van der Waals surface area (Å²) in [7, 11) is -4.00. The summed E-state index contributed by atoms with van der Waals surface area (Å²) < 4.78 is 27.8. The Morgan fingerprint density at radius 2 is 1.55 bits per heavy atom. The van der Waals surface area contributed by atoms with Crippen molar-refractivity contribution >= 4 is 50.0 Å². The van der Waals surface area contributed by atoms with Gasteiger partial charge in [-0.1, -0.05) is 48.0 Å². The molecule has 0 bridgehead atoms. The molecule has 166 valence electrons. The molecule has 8 nitrogen and oxygen atoms in total. The van der Waals surface area contributed by atoms with Gasteiger partial charge < -0.3 is 0 Å². The van der Waals surface area contributed by atoms with Crippen LogP contribution in [0.1, 0.15) is 20.7 Å². The number of para-hydroxylation sites is 2. The van der Waals surface area contributed by atoms with E-state index in [1.165, 1.54) is 30.3 Å². The van der Waals surface area contributed by atoms with Gasteiger partial charge in [-0.3, -0.25) is 30.1 Å². The van der Waals surface area contributed by atoms with Crippen LogP contribution in [0.15, 0.2) is 90.0 Å². The van der Waals surface area contributed by atoms with E-state index in [1.807, 2.05) is 12.1 Å². The van der Waals surface area contributed by atoms with Crippen LogP contribution < -0.4 is 15.6 Å². The van der Waals surface area contributed by atoms with Crippen LogP contribution in [0.25, 0.3) is 10.9 Å². The van der Waals surface area contributed by atoms with Crippen LogP contribution in [0.4, 0.5) is 5.69 Å². The number of nitrogens with zero attached hydrogens (tertiary/aromatic N) is 1. The Balaban J connectivity index is 1.49. The molecule has 0 saturated heterocycles. The second-order valence-electron chi connectivity index (χ2n) is 6.90. The number of hydrogen-bond acceptors (Lipinski definition) is 5. The van der Waals surface area contributed by atoms with Crippen LogP contribution >= 0.6 is 11.6 Å². The molecule has 3 N–H and O–H groups in total. The van der Waals surface area contributed by atoms with Crippen molar-refractivity contribution in [2.45, 2.75) is 4.90 Å². The molecule has 0 unspecified atom stereocenters. The predicted octanol–water partition coefficient (Wildman–Crippen LogP) is 3.76. The van der Waals surface area contributed by atoms with Crippen molar-refractivity contribution in [1.82, 2.24) is 15.8 Å². The van der Waals surface area contributed by atoms with Gasteiger partial charge in [0.05, 0.1) is 26.7 Å². The minimum atomic E-state index is -4.00. The monoisotopic (exact) mass is 480 g/mol. The maximum Gasteiger partial charge on any atom is 0.271 e. The zero-order valence-electron chi connectivity index (χ0n) is 16.9. The number of halogens is 1. The van der Waals surface area contributed by atoms with E-state index in [1.54, 1.807) is 42.6 Å². The lowest BCUT2D eigenvalue weighted by molar-refractivity contribution is 0.0847. The molecule has 1 heterocycles. The molecule has 3 aromatic carbocycles. The number of anilines is 1. The molecule has 0 aliphatic carbocycles. The molecule has 0 fully saturated rings. The highest BCUT2D eigenvalue weighted by Crippen LogP contribution is 2.24. The second-order valence-corrected chi connectivity index (χ2v) is 8.99. The lowest BCUT2D eigenvalue weighted by atomic mass is 10.1. The molecule has 0 aliphatic heterocycles. The van der Waals surface area contributed by atoms with Crippen molar-refractivity contribution < 1.29 is 18.0 Å². The summed E-state index contributed by atoms with van der Waals surface area (Å²) in [5.74, 6) is -1.25. The molecular formula is C23H17ClN4O4S. The first-order valence-electron chi connectivity index (χ1n) is 9.67. The number of hydrogen-bond donors (Lipinski definition) is 3. The SMILES string of the molecule is O=C(NNC(=O)c1cccc2cccnc12)c1cccc(S(=O)(=O)Nc2ccccc2Cl)c1. The minimum absolute atomic E-state index is 0.0355. The van der Waals surface area contributed by atoms with Crippen molar-refractivity contribution in [1.29, 1.82) is 0 Å². The van der Waals surface area contributed by atoms with Gasteiger partial charge in [0.15, 0.2) is 0 Å². The van der Waals surface area contributed by atoms with Gasteiger partial charge in [0.1, 0.15) is 0 Å². The van der Waals surface area contributed by atoms with Crippen LogP contribution in [0.2, 0.25) is 5.02 Å². The van der Waals surface area contributed by atoms with E-state index in [2.05, 4.69) is 20.6 Å². The Bertz CT molecular complexity index is 1470. The number of nitrogens with one attached hydrogen (secondary N) is 3. The van der Waals surface area contributed by atoms with Gasteiger partial charge in [-0.15, -0.1) is 0 Å². The van der Waals surface area contributed by atoms with E-state index in [4.69, 9.17) is 11.6 Å². The molecule has 0 aliphatic rings. The average molecular weight is 481 g/mol. The van der Waals surface area contributed by atoms with Crippen LogP contribution in [-0.4, -0.2) is 25.2 Å². The van der Waals surface area contributed by atoms with E-state index in [-0.39, 0.29) is 26.7 Å². The molecule has 2 amide bonds. The van der Waals surface area contributed by atoms with Crippen molar-refractivity contribution in [3.05, 3.63) is 101 Å². The zero-order valence-corrected chi connectivity index (χ0v) is 18.5. The number of amides is 2. The van der Waals surface area contributed by atoms with Gasteiger partial charge in [0.25, 0.3) is 21.8 Å². The lowest BCUT2D eigenvalue weighted by Crippen LogP contribution is -2.41. The summed E-state index contributed by atoms with van der Waals surface area (Å²) in [4.78, 5) is 29.2. The molecule has 10 heteroatoms. The first kappa shape index (κ1) is 22.3. The van der Waals surface area contributed by atoms with Crippen LogP contribution in [0.3, 0.4) is 0 Å². The first-order valence-corrected chi connectivity index (χ1v) is 11.5. The van der Waals surface area contributed by atoms with Crippen molar-refractivity contribution in [3.8, 4) is 0 Å². The molecule has 4 rings (SSSR count). The first-order chi connectivity index (χ1) is 15.8. The van der Waals surface area contributed by atoms with Gasteiger partial charge in [-0.2, -0.15) is 0 Å². The normalized spacial score (nSPS) is 11.1. The van der Waals surface area contributed by atoms with E-state index >= 15 is 0 Å². The number of aromatic nitrogens is 1. The molecule has 4 aromatic rings. The second kappa shape index (κ2) is 9.27. The summed E-state index contributed by atoms with van der Waals surface area (Å²) in [5, 5.41) is 1.01. The van der Waals surface area contributed by atoms with E-state index in [0.29, 0.717) is 5.52 Å². The minimum Gasteiger partial charge on any atom is -0.278 e. The Morgan fingerprint density at radius 1 is 0.818 bits per heavy atom. The molecule has 0 atom stereocenters. The number of sulfonamides is 1. The van der Waals surface area contributed by atoms with Gasteiger partial charge in [-0.25, -0.2) is 8.42 Å². The summed E-state index contributed by atoms with van der Waals surface area (Å²) >= 11 is 6.02. The zero-order chi connectivity index (χ0) is 23.4. The number of benzene rings is 3. The third kappa shape index (κ3) is 4.94. The van der Waals surface area contributed by atoms with Crippen molar-refractivity contribution in [2.24, 2.45) is 0 Å². The van der Waals surface area contributed by atoms with E-state index in [9.17, 15) is 18.0 Å². The number of pyridine rings is 1. The maximum absolute atomic E-state index is 12.7. The highest BCUT2D eigenvalue weighted by atomic mass is 35.5. The number of carbonyl (C=O) groups excluding carboxylic acids is 2. The van der Waals surface area contributed by atoms with Gasteiger partial charge in [-0.05, 0) is 42.5 Å². The third-order valence-corrected chi connectivity index (χ3v) is 6.38. The molecule has 0 spiro atoms. The highest BCUT2D eigenvalue weighted by Gasteiger charge is 2.18.